The van der Waals surface area contributed by atoms with Crippen LogP contribution in [0.1, 0.15) is 55.2 Å². The van der Waals surface area contributed by atoms with Crippen LogP contribution in [0.2, 0.25) is 0 Å². The Bertz CT molecular complexity index is 1350. The largest absolute Gasteiger partial charge is 0.466 e. The number of benzene rings is 1. The first-order valence-corrected chi connectivity index (χ1v) is 12.7. The number of fused-ring (bicyclic) bond motifs is 1. The minimum Gasteiger partial charge on any atom is -0.466 e. The summed E-state index contributed by atoms with van der Waals surface area (Å²) in [6, 6.07) is 4.27. The van der Waals surface area contributed by atoms with Gasteiger partial charge in [-0.3, -0.25) is 9.59 Å². The van der Waals surface area contributed by atoms with Crippen molar-refractivity contribution >= 4 is 46.5 Å². The Morgan fingerprint density at radius 1 is 1.05 bits per heavy atom. The van der Waals surface area contributed by atoms with E-state index in [0.29, 0.717) is 35.5 Å². The molecule has 0 saturated heterocycles. The number of nitrogens with zero attached hydrogens (tertiary/aromatic N) is 5. The third-order valence-electron chi connectivity index (χ3n) is 5.85. The minimum absolute atomic E-state index is 0.0240. The number of carbonyl (C=O) groups excluding carboxylic acids is 3. The van der Waals surface area contributed by atoms with Gasteiger partial charge in [0.2, 0.25) is 5.95 Å². The summed E-state index contributed by atoms with van der Waals surface area (Å²) < 4.78 is 10.00. The van der Waals surface area contributed by atoms with E-state index in [2.05, 4.69) is 30.2 Å². The fourth-order valence-corrected chi connectivity index (χ4v) is 4.00. The highest BCUT2D eigenvalue weighted by atomic mass is 16.5. The van der Waals surface area contributed by atoms with Crippen LogP contribution in [0.3, 0.4) is 0 Å². The number of rotatable bonds is 12. The zero-order valence-corrected chi connectivity index (χ0v) is 22.6. The predicted molar refractivity (Wildman–Crippen MR) is 146 cm³/mol. The molecule has 1 amide bonds. The van der Waals surface area contributed by atoms with Gasteiger partial charge in [-0.15, -0.1) is 0 Å². The van der Waals surface area contributed by atoms with E-state index in [1.54, 1.807) is 32.2 Å². The third-order valence-corrected chi connectivity index (χ3v) is 5.85. The van der Waals surface area contributed by atoms with Crippen molar-refractivity contribution < 1.29 is 23.9 Å². The van der Waals surface area contributed by atoms with Crippen molar-refractivity contribution in [2.24, 2.45) is 0 Å². The molecule has 2 heterocycles. The van der Waals surface area contributed by atoms with Crippen LogP contribution < -0.4 is 21.7 Å². The Kier molecular flexibility index (Phi) is 9.90. The summed E-state index contributed by atoms with van der Waals surface area (Å²) in [6.45, 7) is 8.73. The second kappa shape index (κ2) is 13.3. The van der Waals surface area contributed by atoms with Gasteiger partial charge < -0.3 is 31.2 Å². The molecule has 39 heavy (non-hydrogen) atoms. The summed E-state index contributed by atoms with van der Waals surface area (Å²) in [5, 5.41) is 2.69. The monoisotopic (exact) mass is 538 g/mol. The molecule has 3 aromatic rings. The van der Waals surface area contributed by atoms with Crippen LogP contribution in [0.5, 0.6) is 0 Å². The highest BCUT2D eigenvalue weighted by Gasteiger charge is 2.24. The van der Waals surface area contributed by atoms with Crippen LogP contribution in [0.15, 0.2) is 24.4 Å². The van der Waals surface area contributed by atoms with Gasteiger partial charge in [0, 0.05) is 24.2 Å². The average Bonchev–Trinajstić information content (AvgIpc) is 2.90. The third kappa shape index (κ3) is 7.49. The molecular formula is C26H34N8O5. The molecule has 3 rings (SSSR count). The van der Waals surface area contributed by atoms with E-state index in [4.69, 9.17) is 20.9 Å². The minimum atomic E-state index is -0.979. The maximum atomic E-state index is 13.0. The number of nitrogens with one attached hydrogen (secondary N) is 1. The predicted octanol–water partition coefficient (Wildman–Crippen LogP) is 1.92. The molecule has 0 radical (unpaired) electrons. The van der Waals surface area contributed by atoms with Crippen molar-refractivity contribution in [1.82, 2.24) is 25.3 Å². The molecule has 0 aliphatic carbocycles. The molecule has 1 aromatic carbocycles. The van der Waals surface area contributed by atoms with Gasteiger partial charge in [0.25, 0.3) is 5.91 Å². The average molecular weight is 539 g/mol. The number of amides is 1. The van der Waals surface area contributed by atoms with E-state index >= 15 is 0 Å². The zero-order chi connectivity index (χ0) is 28.5. The quantitative estimate of drug-likeness (QED) is 0.285. The Morgan fingerprint density at radius 3 is 2.46 bits per heavy atom. The first-order valence-electron chi connectivity index (χ1n) is 12.7. The van der Waals surface area contributed by atoms with Gasteiger partial charge >= 0.3 is 11.9 Å². The van der Waals surface area contributed by atoms with Crippen molar-refractivity contribution in [2.45, 2.75) is 53.1 Å². The number of aromatic nitrogens is 4. The molecule has 1 atom stereocenters. The van der Waals surface area contributed by atoms with Crippen LogP contribution in [-0.2, 0) is 25.6 Å². The summed E-state index contributed by atoms with van der Waals surface area (Å²) >= 11 is 0. The summed E-state index contributed by atoms with van der Waals surface area (Å²) in [5.74, 6) is -1.32. The van der Waals surface area contributed by atoms with Crippen molar-refractivity contribution in [3.8, 4) is 0 Å². The Balaban J connectivity index is 1.75. The van der Waals surface area contributed by atoms with Crippen molar-refractivity contribution in [3.05, 3.63) is 41.2 Å². The Labute approximate surface area is 226 Å². The molecule has 2 aromatic heterocycles. The van der Waals surface area contributed by atoms with Gasteiger partial charge in [0.1, 0.15) is 6.04 Å². The maximum Gasteiger partial charge on any atom is 0.328 e. The standard InChI is InChI=1S/C26H34N8O5/c1-5-34(14-17-13-29-23-21(30-17)22(27)32-26(28)33-23)19-10-8-16(12-15(19)4)24(36)31-18(25(37)39-7-3)9-11-20(35)38-6-2/h8,10,12-13,18H,5-7,9,11,14H2,1-4H3,(H,31,36)(H4,27,28,29,32,33). The SMILES string of the molecule is CCOC(=O)CCC(NC(=O)c1ccc(N(CC)Cc2cnc3nc(N)nc(N)c3n2)c(C)c1)C(=O)OCC. The first kappa shape index (κ1) is 29.0. The molecule has 0 bridgehead atoms. The number of hydrogen-bond donors (Lipinski definition) is 3. The number of esters is 2. The van der Waals surface area contributed by atoms with E-state index in [9.17, 15) is 14.4 Å². The lowest BCUT2D eigenvalue weighted by molar-refractivity contribution is -0.146. The van der Waals surface area contributed by atoms with E-state index in [-0.39, 0.29) is 37.8 Å². The highest BCUT2D eigenvalue weighted by molar-refractivity contribution is 5.97. The fraction of sp³-hybridized carbons (Fsp3) is 0.423. The maximum absolute atomic E-state index is 13.0. The number of ether oxygens (including phenoxy) is 2. The van der Waals surface area contributed by atoms with E-state index in [1.807, 2.05) is 19.9 Å². The topological polar surface area (TPSA) is 189 Å². The molecule has 208 valence electrons. The van der Waals surface area contributed by atoms with Crippen molar-refractivity contribution in [2.75, 3.05) is 36.1 Å². The Hall–Kier alpha value is -4.55. The Morgan fingerprint density at radius 2 is 1.79 bits per heavy atom. The summed E-state index contributed by atoms with van der Waals surface area (Å²) in [4.78, 5) is 56.1. The number of carbonyl (C=O) groups is 3. The number of aryl methyl sites for hydroxylation is 1. The van der Waals surface area contributed by atoms with E-state index < -0.39 is 23.9 Å². The number of nitrogens with two attached hydrogens (primary N) is 2. The molecule has 0 aliphatic rings. The summed E-state index contributed by atoms with van der Waals surface area (Å²) in [7, 11) is 0. The second-order valence-corrected chi connectivity index (χ2v) is 8.64. The van der Waals surface area contributed by atoms with Gasteiger partial charge in [-0.1, -0.05) is 0 Å². The summed E-state index contributed by atoms with van der Waals surface area (Å²) in [6.07, 6.45) is 1.66. The van der Waals surface area contributed by atoms with Gasteiger partial charge in [0.05, 0.1) is 31.6 Å². The number of nitrogen functional groups attached to an aromatic ring is 2. The van der Waals surface area contributed by atoms with Crippen molar-refractivity contribution in [1.29, 1.82) is 0 Å². The van der Waals surface area contributed by atoms with Gasteiger partial charge in [-0.2, -0.15) is 9.97 Å². The van der Waals surface area contributed by atoms with Crippen LogP contribution in [0.4, 0.5) is 17.5 Å². The molecule has 13 heteroatoms. The summed E-state index contributed by atoms with van der Waals surface area (Å²) in [5.41, 5.74) is 15.0. The number of anilines is 3. The van der Waals surface area contributed by atoms with Gasteiger partial charge in [-0.25, -0.2) is 14.8 Å². The lowest BCUT2D eigenvalue weighted by atomic mass is 10.1. The highest BCUT2D eigenvalue weighted by Crippen LogP contribution is 2.24. The van der Waals surface area contributed by atoms with Gasteiger partial charge in [0.15, 0.2) is 17.0 Å². The lowest BCUT2D eigenvalue weighted by Crippen LogP contribution is -2.42. The van der Waals surface area contributed by atoms with E-state index in [1.165, 1.54) is 0 Å². The molecule has 0 aliphatic heterocycles. The van der Waals surface area contributed by atoms with Crippen LogP contribution >= 0.6 is 0 Å². The normalized spacial score (nSPS) is 11.6. The van der Waals surface area contributed by atoms with Crippen molar-refractivity contribution in [3.63, 3.8) is 0 Å². The van der Waals surface area contributed by atoms with E-state index in [0.717, 1.165) is 11.3 Å². The fourth-order valence-electron chi connectivity index (χ4n) is 4.00. The molecule has 1 unspecified atom stereocenters. The van der Waals surface area contributed by atoms with Crippen LogP contribution in [0, 0.1) is 6.92 Å². The molecule has 0 fully saturated rings. The molecular weight excluding hydrogens is 504 g/mol. The number of hydrogen-bond acceptors (Lipinski definition) is 12. The molecule has 0 saturated carbocycles. The smallest absolute Gasteiger partial charge is 0.328 e. The molecule has 13 nitrogen and oxygen atoms in total. The molecule has 0 spiro atoms. The lowest BCUT2D eigenvalue weighted by Gasteiger charge is -2.25. The first-order chi connectivity index (χ1) is 18.7. The zero-order valence-electron chi connectivity index (χ0n) is 22.6. The van der Waals surface area contributed by atoms with Crippen LogP contribution in [-0.4, -0.2) is 63.6 Å². The molecule has 5 N–H and O–H groups in total. The van der Waals surface area contributed by atoms with Gasteiger partial charge in [-0.05, 0) is 57.9 Å². The van der Waals surface area contributed by atoms with Crippen LogP contribution in [0.25, 0.3) is 11.2 Å². The second-order valence-electron chi connectivity index (χ2n) is 8.64.